The Morgan fingerprint density at radius 1 is 1.34 bits per heavy atom. The van der Waals surface area contributed by atoms with Gasteiger partial charge in [0, 0.05) is 29.7 Å². The van der Waals surface area contributed by atoms with Crippen molar-refractivity contribution < 1.29 is 4.39 Å². The molecule has 5 rings (SSSR count). The van der Waals surface area contributed by atoms with Crippen LogP contribution in [-0.2, 0) is 16.6 Å². The second-order valence-electron chi connectivity index (χ2n) is 7.42. The van der Waals surface area contributed by atoms with E-state index in [9.17, 15) is 4.39 Å². The summed E-state index contributed by atoms with van der Waals surface area (Å²) in [5.41, 5.74) is 8.53. The summed E-state index contributed by atoms with van der Waals surface area (Å²) in [4.78, 5) is 17.2. The Kier molecular flexibility index (Phi) is 4.69. The number of allylic oxidation sites excluding steroid dienone is 1. The summed E-state index contributed by atoms with van der Waals surface area (Å²) in [6.07, 6.45) is 9.15. The molecule has 0 aromatic carbocycles. The molecule has 29 heavy (non-hydrogen) atoms. The Balaban J connectivity index is 1.37. The first kappa shape index (κ1) is 18.5. The molecule has 0 bridgehead atoms. The van der Waals surface area contributed by atoms with Gasteiger partial charge in [-0.25, -0.2) is 19.4 Å². The minimum atomic E-state index is -0.463. The van der Waals surface area contributed by atoms with Crippen LogP contribution in [0.25, 0.3) is 0 Å². The number of aromatic nitrogens is 3. The van der Waals surface area contributed by atoms with E-state index in [1.807, 2.05) is 23.6 Å². The predicted molar refractivity (Wildman–Crippen MR) is 111 cm³/mol. The van der Waals surface area contributed by atoms with Gasteiger partial charge in [-0.15, -0.1) is 5.12 Å². The molecule has 3 N–H and O–H groups in total. The maximum Gasteiger partial charge on any atom is 0.239 e. The molecule has 2 aromatic heterocycles. The number of pyridine rings is 1. The first-order valence-electron chi connectivity index (χ1n) is 9.47. The fourth-order valence-electron chi connectivity index (χ4n) is 4.08. The number of rotatable bonds is 4. The van der Waals surface area contributed by atoms with Gasteiger partial charge in [0.15, 0.2) is 17.4 Å². The molecule has 0 amide bonds. The highest BCUT2D eigenvalue weighted by atomic mass is 32.2. The summed E-state index contributed by atoms with van der Waals surface area (Å²) in [6, 6.07) is 4.20. The zero-order valence-corrected chi connectivity index (χ0v) is 16.8. The van der Waals surface area contributed by atoms with E-state index >= 15 is 0 Å². The SMILES string of the molecule is Cc1ccnc(C[S+]2CNC34CN(Nc5ncc(F)cn5)NC3=NC=CCC24)c1. The number of aliphatic imine (C=N–C) groups is 1. The van der Waals surface area contributed by atoms with E-state index in [-0.39, 0.29) is 16.4 Å². The van der Waals surface area contributed by atoms with Crippen molar-refractivity contribution in [2.75, 3.05) is 17.8 Å². The molecule has 2 aromatic rings. The summed E-state index contributed by atoms with van der Waals surface area (Å²) in [5, 5.41) is 5.97. The van der Waals surface area contributed by atoms with Crippen LogP contribution in [0.5, 0.6) is 0 Å². The van der Waals surface area contributed by atoms with Gasteiger partial charge in [0.1, 0.15) is 16.6 Å². The van der Waals surface area contributed by atoms with E-state index in [4.69, 9.17) is 0 Å². The molecule has 2 saturated heterocycles. The van der Waals surface area contributed by atoms with Gasteiger partial charge in [-0.2, -0.15) is 0 Å². The molecule has 3 unspecified atom stereocenters. The predicted octanol–water partition coefficient (Wildman–Crippen LogP) is 1.27. The van der Waals surface area contributed by atoms with Crippen molar-refractivity contribution >= 4 is 22.7 Å². The summed E-state index contributed by atoms with van der Waals surface area (Å²) in [7, 11) is 0.120. The van der Waals surface area contributed by atoms with E-state index in [0.29, 0.717) is 17.7 Å². The normalized spacial score (nSPS) is 28.3. The molecule has 5 heterocycles. The third-order valence-corrected chi connectivity index (χ3v) is 8.00. The lowest BCUT2D eigenvalue weighted by Crippen LogP contribution is -2.56. The van der Waals surface area contributed by atoms with Gasteiger partial charge in [-0.1, -0.05) is 6.08 Å². The fraction of sp³-hybridized carbons (Fsp3) is 0.368. The second kappa shape index (κ2) is 7.36. The van der Waals surface area contributed by atoms with Crippen molar-refractivity contribution in [1.82, 2.24) is 30.8 Å². The fourth-order valence-corrected chi connectivity index (χ4v) is 6.78. The molecule has 1 spiro atoms. The lowest BCUT2D eigenvalue weighted by Gasteiger charge is -2.25. The molecule has 0 aliphatic carbocycles. The summed E-state index contributed by atoms with van der Waals surface area (Å²) >= 11 is 0. The molecular weight excluding hydrogens is 391 g/mol. The van der Waals surface area contributed by atoms with Crippen molar-refractivity contribution in [1.29, 1.82) is 0 Å². The zero-order chi connectivity index (χ0) is 19.8. The minimum Gasteiger partial charge on any atom is -0.287 e. The van der Waals surface area contributed by atoms with Crippen LogP contribution in [0, 0.1) is 12.7 Å². The second-order valence-corrected chi connectivity index (χ2v) is 9.64. The largest absolute Gasteiger partial charge is 0.287 e. The quantitative estimate of drug-likeness (QED) is 0.651. The first-order valence-corrected chi connectivity index (χ1v) is 11.1. The Labute approximate surface area is 171 Å². The molecule has 10 heteroatoms. The maximum absolute atomic E-state index is 13.1. The number of halogens is 1. The van der Waals surface area contributed by atoms with Gasteiger partial charge in [0.05, 0.1) is 24.6 Å². The number of amidine groups is 1. The Bertz CT molecular complexity index is 965. The first-order chi connectivity index (χ1) is 14.1. The van der Waals surface area contributed by atoms with Crippen LogP contribution < -0.4 is 16.2 Å². The van der Waals surface area contributed by atoms with Crippen molar-refractivity contribution in [3.63, 3.8) is 0 Å². The lowest BCUT2D eigenvalue weighted by molar-refractivity contribution is 0.286. The molecule has 0 radical (unpaired) electrons. The van der Waals surface area contributed by atoms with Gasteiger partial charge in [-0.05, 0) is 24.6 Å². The monoisotopic (exact) mass is 413 g/mol. The minimum absolute atomic E-state index is 0.120. The number of anilines is 1. The number of hydrogen-bond donors (Lipinski definition) is 3. The van der Waals surface area contributed by atoms with Crippen LogP contribution in [-0.4, -0.2) is 49.1 Å². The van der Waals surface area contributed by atoms with E-state index in [2.05, 4.69) is 55.2 Å². The molecule has 150 valence electrons. The number of hydrazine groups is 2. The van der Waals surface area contributed by atoms with Gasteiger partial charge in [-0.3, -0.25) is 21.2 Å². The van der Waals surface area contributed by atoms with Crippen LogP contribution in [0.1, 0.15) is 17.7 Å². The molecule has 2 fully saturated rings. The molecule has 0 saturated carbocycles. The maximum atomic E-state index is 13.1. The molecular formula is C19H22FN8S+. The highest BCUT2D eigenvalue weighted by molar-refractivity contribution is 7.97. The van der Waals surface area contributed by atoms with Crippen LogP contribution in [0.15, 0.2) is 48.0 Å². The summed E-state index contributed by atoms with van der Waals surface area (Å²) in [5.74, 6) is 2.64. The average molecular weight is 414 g/mol. The van der Waals surface area contributed by atoms with E-state index in [0.717, 1.165) is 42.0 Å². The van der Waals surface area contributed by atoms with Crippen LogP contribution in [0.2, 0.25) is 0 Å². The van der Waals surface area contributed by atoms with Crippen molar-refractivity contribution in [3.8, 4) is 0 Å². The number of nitrogens with one attached hydrogen (secondary N) is 3. The molecule has 8 nitrogen and oxygen atoms in total. The number of aryl methyl sites for hydroxylation is 1. The lowest BCUT2D eigenvalue weighted by atomic mass is 9.93. The highest BCUT2D eigenvalue weighted by Crippen LogP contribution is 2.37. The number of nitrogens with zero attached hydrogens (tertiary/aromatic N) is 5. The topological polar surface area (TPSA) is 90.4 Å². The number of hydrogen-bond acceptors (Lipinski definition) is 8. The average Bonchev–Trinajstić information content (AvgIpc) is 3.17. The van der Waals surface area contributed by atoms with E-state index < -0.39 is 5.82 Å². The zero-order valence-electron chi connectivity index (χ0n) is 16.0. The Hall–Kier alpha value is -2.56. The van der Waals surface area contributed by atoms with Gasteiger partial charge in [0.25, 0.3) is 0 Å². The van der Waals surface area contributed by atoms with Crippen LogP contribution in [0.4, 0.5) is 10.3 Å². The highest BCUT2D eigenvalue weighted by Gasteiger charge is 2.62. The van der Waals surface area contributed by atoms with Gasteiger partial charge >= 0.3 is 0 Å². The van der Waals surface area contributed by atoms with E-state index in [1.54, 1.807) is 0 Å². The Morgan fingerprint density at radius 2 is 2.21 bits per heavy atom. The van der Waals surface area contributed by atoms with Crippen LogP contribution in [0.3, 0.4) is 0 Å². The standard InChI is InChI=1S/C19H22FN8S/c1-13-4-6-21-15(7-13)10-29-12-25-19-11-28(27-18-23-8-14(20)9-24-18)26-17(19)22-5-2-3-16(19)29/h2,4-9,16,25H,3,10-12H2,1H3,(H,22,26)(H,23,24,27)/q+1. The Morgan fingerprint density at radius 3 is 3.03 bits per heavy atom. The van der Waals surface area contributed by atoms with Crippen molar-refractivity contribution in [2.45, 2.75) is 29.9 Å². The molecule has 3 aliphatic rings. The van der Waals surface area contributed by atoms with Crippen LogP contribution >= 0.6 is 0 Å². The molecule has 3 aliphatic heterocycles. The van der Waals surface area contributed by atoms with Crippen molar-refractivity contribution in [2.24, 2.45) is 4.99 Å². The smallest absolute Gasteiger partial charge is 0.239 e. The van der Waals surface area contributed by atoms with E-state index in [1.165, 1.54) is 5.56 Å². The summed E-state index contributed by atoms with van der Waals surface area (Å²) in [6.45, 7) is 2.76. The van der Waals surface area contributed by atoms with Crippen molar-refractivity contribution in [3.05, 3.63) is 60.1 Å². The molecule has 3 atom stereocenters. The third kappa shape index (κ3) is 3.47. The van der Waals surface area contributed by atoms with Gasteiger partial charge in [0.2, 0.25) is 5.95 Å². The van der Waals surface area contributed by atoms with Gasteiger partial charge < -0.3 is 0 Å². The summed E-state index contributed by atoms with van der Waals surface area (Å²) < 4.78 is 13.1. The third-order valence-electron chi connectivity index (χ3n) is 5.42.